The van der Waals surface area contributed by atoms with E-state index >= 15 is 0 Å². The van der Waals surface area contributed by atoms with Gasteiger partial charge in [-0.2, -0.15) is 0 Å². The van der Waals surface area contributed by atoms with Crippen LogP contribution in [0.4, 0.5) is 17.1 Å². The van der Waals surface area contributed by atoms with Gasteiger partial charge in [-0.25, -0.2) is 0 Å². The van der Waals surface area contributed by atoms with Gasteiger partial charge in [-0.1, -0.05) is 32.0 Å². The Morgan fingerprint density at radius 1 is 0.952 bits per heavy atom. The molecule has 0 unspecified atom stereocenters. The maximum atomic E-state index is 6.17. The lowest BCUT2D eigenvalue weighted by Crippen LogP contribution is -2.08. The standard InChI is InChI=1S/C18H24N2O/c1-12(2)14-8-10-15(11-9-14)20-16-6-5-7-17(18(16)19)21-13(3)4/h5-13,20H,19H2,1-4H3. The number of hydrogen-bond acceptors (Lipinski definition) is 3. The van der Waals surface area contributed by atoms with Crippen LogP contribution in [-0.2, 0) is 0 Å². The summed E-state index contributed by atoms with van der Waals surface area (Å²) in [4.78, 5) is 0. The summed E-state index contributed by atoms with van der Waals surface area (Å²) in [6.07, 6.45) is 0.105. The maximum Gasteiger partial charge on any atom is 0.144 e. The third-order valence-corrected chi connectivity index (χ3v) is 3.29. The predicted molar refractivity (Wildman–Crippen MR) is 90.4 cm³/mol. The first-order chi connectivity index (χ1) is 9.97. The number of anilines is 3. The van der Waals surface area contributed by atoms with Gasteiger partial charge in [0.25, 0.3) is 0 Å². The molecular weight excluding hydrogens is 260 g/mol. The van der Waals surface area contributed by atoms with Crippen molar-refractivity contribution in [1.82, 2.24) is 0 Å². The molecule has 0 saturated heterocycles. The second-order valence-electron chi connectivity index (χ2n) is 5.79. The Morgan fingerprint density at radius 3 is 2.19 bits per heavy atom. The minimum atomic E-state index is 0.105. The second kappa shape index (κ2) is 6.53. The van der Waals surface area contributed by atoms with Crippen LogP contribution in [0.2, 0.25) is 0 Å². The summed E-state index contributed by atoms with van der Waals surface area (Å²) in [6, 6.07) is 14.2. The molecule has 0 bridgehead atoms. The van der Waals surface area contributed by atoms with Crippen LogP contribution in [0.5, 0.6) is 5.75 Å². The molecule has 0 aromatic heterocycles. The zero-order chi connectivity index (χ0) is 15.4. The van der Waals surface area contributed by atoms with E-state index in [1.807, 2.05) is 32.0 Å². The quantitative estimate of drug-likeness (QED) is 0.766. The van der Waals surface area contributed by atoms with E-state index < -0.39 is 0 Å². The molecule has 0 aliphatic heterocycles. The Kier molecular flexibility index (Phi) is 4.73. The van der Waals surface area contributed by atoms with Gasteiger partial charge in [0.1, 0.15) is 5.75 Å². The smallest absolute Gasteiger partial charge is 0.144 e. The Hall–Kier alpha value is -2.16. The van der Waals surface area contributed by atoms with Gasteiger partial charge in [-0.05, 0) is 49.6 Å². The number of ether oxygens (including phenoxy) is 1. The number of nitrogens with one attached hydrogen (secondary N) is 1. The molecule has 0 aliphatic rings. The fraction of sp³-hybridized carbons (Fsp3) is 0.333. The molecule has 0 amide bonds. The van der Waals surface area contributed by atoms with Crippen LogP contribution in [0.3, 0.4) is 0 Å². The first kappa shape index (κ1) is 15.2. The number of nitrogens with two attached hydrogens (primary N) is 1. The molecule has 3 heteroatoms. The van der Waals surface area contributed by atoms with Crippen molar-refractivity contribution in [2.75, 3.05) is 11.1 Å². The molecule has 0 aliphatic carbocycles. The summed E-state index contributed by atoms with van der Waals surface area (Å²) in [5.41, 5.74) is 10.0. The van der Waals surface area contributed by atoms with Crippen molar-refractivity contribution in [2.24, 2.45) is 0 Å². The lowest BCUT2D eigenvalue weighted by molar-refractivity contribution is 0.244. The highest BCUT2D eigenvalue weighted by Crippen LogP contribution is 2.32. The second-order valence-corrected chi connectivity index (χ2v) is 5.79. The highest BCUT2D eigenvalue weighted by atomic mass is 16.5. The molecule has 3 N–H and O–H groups in total. The molecule has 3 nitrogen and oxygen atoms in total. The summed E-state index contributed by atoms with van der Waals surface area (Å²) in [7, 11) is 0. The summed E-state index contributed by atoms with van der Waals surface area (Å²) in [5, 5.41) is 3.35. The van der Waals surface area contributed by atoms with E-state index in [0.29, 0.717) is 17.4 Å². The third kappa shape index (κ3) is 3.91. The molecule has 2 aromatic rings. The Morgan fingerprint density at radius 2 is 1.62 bits per heavy atom. The monoisotopic (exact) mass is 284 g/mol. The average molecular weight is 284 g/mol. The van der Waals surface area contributed by atoms with E-state index in [2.05, 4.69) is 43.4 Å². The number of nitrogen functional groups attached to an aromatic ring is 1. The Bertz CT molecular complexity index is 589. The number of hydrogen-bond donors (Lipinski definition) is 2. The van der Waals surface area contributed by atoms with Crippen LogP contribution in [0.1, 0.15) is 39.2 Å². The summed E-state index contributed by atoms with van der Waals surface area (Å²) in [6.45, 7) is 8.36. The van der Waals surface area contributed by atoms with E-state index in [1.165, 1.54) is 5.56 Å². The number of rotatable bonds is 5. The van der Waals surface area contributed by atoms with Gasteiger partial charge in [-0.15, -0.1) is 0 Å². The highest BCUT2D eigenvalue weighted by Gasteiger charge is 2.08. The van der Waals surface area contributed by atoms with Crippen molar-refractivity contribution >= 4 is 17.1 Å². The summed E-state index contributed by atoms with van der Waals surface area (Å²) in [5.74, 6) is 1.25. The molecule has 0 fully saturated rings. The molecule has 2 aromatic carbocycles. The SMILES string of the molecule is CC(C)Oc1cccc(Nc2ccc(C(C)C)cc2)c1N. The van der Waals surface area contributed by atoms with Gasteiger partial charge in [0.15, 0.2) is 0 Å². The van der Waals surface area contributed by atoms with Gasteiger partial charge >= 0.3 is 0 Å². The van der Waals surface area contributed by atoms with E-state index in [0.717, 1.165) is 11.4 Å². The van der Waals surface area contributed by atoms with Crippen LogP contribution >= 0.6 is 0 Å². The van der Waals surface area contributed by atoms with E-state index in [4.69, 9.17) is 10.5 Å². The van der Waals surface area contributed by atoms with Gasteiger partial charge in [0, 0.05) is 5.69 Å². The first-order valence-electron chi connectivity index (χ1n) is 7.39. The van der Waals surface area contributed by atoms with Gasteiger partial charge in [0.05, 0.1) is 17.5 Å². The molecule has 0 atom stereocenters. The number of benzene rings is 2. The molecule has 0 heterocycles. The largest absolute Gasteiger partial charge is 0.489 e. The van der Waals surface area contributed by atoms with E-state index in [1.54, 1.807) is 0 Å². The Labute approximate surface area is 127 Å². The molecule has 0 saturated carbocycles. The van der Waals surface area contributed by atoms with Crippen molar-refractivity contribution in [3.63, 3.8) is 0 Å². The average Bonchev–Trinajstić information content (AvgIpc) is 2.43. The normalized spacial score (nSPS) is 11.0. The van der Waals surface area contributed by atoms with Crippen molar-refractivity contribution in [3.05, 3.63) is 48.0 Å². The fourth-order valence-electron chi connectivity index (χ4n) is 2.12. The van der Waals surface area contributed by atoms with Gasteiger partial charge < -0.3 is 15.8 Å². The third-order valence-electron chi connectivity index (χ3n) is 3.29. The van der Waals surface area contributed by atoms with Crippen LogP contribution in [0.25, 0.3) is 0 Å². The molecule has 2 rings (SSSR count). The Balaban J connectivity index is 2.19. The van der Waals surface area contributed by atoms with Crippen LogP contribution in [0.15, 0.2) is 42.5 Å². The maximum absolute atomic E-state index is 6.17. The molecule has 21 heavy (non-hydrogen) atoms. The van der Waals surface area contributed by atoms with Crippen molar-refractivity contribution < 1.29 is 4.74 Å². The van der Waals surface area contributed by atoms with Crippen molar-refractivity contribution in [3.8, 4) is 5.75 Å². The van der Waals surface area contributed by atoms with Crippen molar-refractivity contribution in [1.29, 1.82) is 0 Å². The van der Waals surface area contributed by atoms with E-state index in [-0.39, 0.29) is 6.10 Å². The minimum absolute atomic E-state index is 0.105. The predicted octanol–water partition coefficient (Wildman–Crippen LogP) is 4.92. The van der Waals surface area contributed by atoms with Gasteiger partial charge in [-0.3, -0.25) is 0 Å². The lowest BCUT2D eigenvalue weighted by atomic mass is 10.0. The zero-order valence-corrected chi connectivity index (χ0v) is 13.2. The molecule has 0 radical (unpaired) electrons. The molecule has 0 spiro atoms. The molecular formula is C18H24N2O. The highest BCUT2D eigenvalue weighted by molar-refractivity contribution is 5.77. The first-order valence-corrected chi connectivity index (χ1v) is 7.39. The van der Waals surface area contributed by atoms with E-state index in [9.17, 15) is 0 Å². The summed E-state index contributed by atoms with van der Waals surface area (Å²) >= 11 is 0. The van der Waals surface area contributed by atoms with Crippen LogP contribution in [-0.4, -0.2) is 6.10 Å². The minimum Gasteiger partial charge on any atom is -0.489 e. The van der Waals surface area contributed by atoms with Gasteiger partial charge in [0.2, 0.25) is 0 Å². The topological polar surface area (TPSA) is 47.3 Å². The molecule has 112 valence electrons. The number of para-hydroxylation sites is 1. The van der Waals surface area contributed by atoms with Crippen LogP contribution < -0.4 is 15.8 Å². The fourth-order valence-corrected chi connectivity index (χ4v) is 2.12. The van der Waals surface area contributed by atoms with Crippen LogP contribution in [0, 0.1) is 0 Å². The van der Waals surface area contributed by atoms with Crippen molar-refractivity contribution in [2.45, 2.75) is 39.7 Å². The lowest BCUT2D eigenvalue weighted by Gasteiger charge is -2.16. The zero-order valence-electron chi connectivity index (χ0n) is 13.2. The summed E-state index contributed by atoms with van der Waals surface area (Å²) < 4.78 is 5.71.